The zero-order valence-corrected chi connectivity index (χ0v) is 17.9. The fraction of sp³-hybridized carbons (Fsp3) is 0.895. The number of hydrogen-bond acceptors (Lipinski definition) is 4. The smallest absolute Gasteiger partial charge is 0.408 e. The third-order valence-electron chi connectivity index (χ3n) is 4.10. The summed E-state index contributed by atoms with van der Waals surface area (Å²) >= 11 is 0. The van der Waals surface area contributed by atoms with Crippen molar-refractivity contribution >= 4 is 12.1 Å². The first-order valence-electron chi connectivity index (χ1n) is 9.65. The lowest BCUT2D eigenvalue weighted by molar-refractivity contribution is 0.0474. The Morgan fingerprint density at radius 2 is 1.81 bits per heavy atom. The maximum Gasteiger partial charge on any atom is 0.408 e. The summed E-state index contributed by atoms with van der Waals surface area (Å²) in [5, 5.41) is 9.52. The number of carbonyl (C=O) groups excluding carboxylic acids is 1. The van der Waals surface area contributed by atoms with Gasteiger partial charge < -0.3 is 20.7 Å². The number of alkyl carbamates (subject to hydrolysis) is 1. The van der Waals surface area contributed by atoms with Crippen LogP contribution in [0.1, 0.15) is 61.3 Å². The molecule has 0 heterocycles. The van der Waals surface area contributed by atoms with Gasteiger partial charge in [-0.3, -0.25) is 9.89 Å². The molecular formula is C19H39N5O2. The van der Waals surface area contributed by atoms with E-state index in [0.717, 1.165) is 25.1 Å². The van der Waals surface area contributed by atoms with Crippen LogP contribution in [0.4, 0.5) is 4.79 Å². The van der Waals surface area contributed by atoms with E-state index in [-0.39, 0.29) is 0 Å². The van der Waals surface area contributed by atoms with Gasteiger partial charge in [0.1, 0.15) is 5.60 Å². The lowest BCUT2D eigenvalue weighted by Crippen LogP contribution is -2.54. The summed E-state index contributed by atoms with van der Waals surface area (Å²) in [5.74, 6) is 0.739. The van der Waals surface area contributed by atoms with Gasteiger partial charge in [-0.15, -0.1) is 0 Å². The molecule has 0 aromatic carbocycles. The molecule has 0 saturated heterocycles. The summed E-state index contributed by atoms with van der Waals surface area (Å²) in [6.07, 6.45) is 2.22. The molecule has 1 saturated carbocycles. The summed E-state index contributed by atoms with van der Waals surface area (Å²) in [4.78, 5) is 18.8. The predicted molar refractivity (Wildman–Crippen MR) is 108 cm³/mol. The standard InChI is InChI=1S/C19H39N5O2/c1-14(2)24(15-9-10-15)12-11-21-16(20-8)22-13-19(6,7)23-17(25)26-18(3,4)5/h14-15H,9-13H2,1-8H3,(H,23,25)(H2,20,21,22). The van der Waals surface area contributed by atoms with Gasteiger partial charge >= 0.3 is 6.09 Å². The molecule has 26 heavy (non-hydrogen) atoms. The van der Waals surface area contributed by atoms with Gasteiger partial charge in [0.15, 0.2) is 5.96 Å². The SMILES string of the molecule is CN=C(NCCN(C(C)C)C1CC1)NCC(C)(C)NC(=O)OC(C)(C)C. The summed E-state index contributed by atoms with van der Waals surface area (Å²) in [6, 6.07) is 1.32. The van der Waals surface area contributed by atoms with Crippen molar-refractivity contribution in [1.82, 2.24) is 20.9 Å². The summed E-state index contributed by atoms with van der Waals surface area (Å²) in [6.45, 7) is 16.3. The van der Waals surface area contributed by atoms with Gasteiger partial charge in [0.05, 0.1) is 5.54 Å². The Morgan fingerprint density at radius 1 is 1.19 bits per heavy atom. The van der Waals surface area contributed by atoms with E-state index in [4.69, 9.17) is 4.74 Å². The molecule has 0 aromatic rings. The van der Waals surface area contributed by atoms with Gasteiger partial charge in [-0.05, 0) is 61.3 Å². The van der Waals surface area contributed by atoms with Crippen molar-refractivity contribution in [2.24, 2.45) is 4.99 Å². The minimum absolute atomic E-state index is 0.413. The van der Waals surface area contributed by atoms with Crippen LogP contribution < -0.4 is 16.0 Å². The molecule has 1 fully saturated rings. The van der Waals surface area contributed by atoms with Crippen LogP contribution >= 0.6 is 0 Å². The highest BCUT2D eigenvalue weighted by molar-refractivity contribution is 5.79. The molecule has 0 unspecified atom stereocenters. The second-order valence-electron chi connectivity index (χ2n) is 8.93. The predicted octanol–water partition coefficient (Wildman–Crippen LogP) is 2.33. The van der Waals surface area contributed by atoms with Crippen LogP contribution in [0.5, 0.6) is 0 Å². The first kappa shape index (κ1) is 22.5. The topological polar surface area (TPSA) is 78.0 Å². The molecule has 0 radical (unpaired) electrons. The molecule has 1 rings (SSSR count). The Kier molecular flexibility index (Phi) is 8.18. The van der Waals surface area contributed by atoms with Crippen LogP contribution in [0.15, 0.2) is 4.99 Å². The van der Waals surface area contributed by atoms with Gasteiger partial charge in [0, 0.05) is 38.8 Å². The molecule has 0 aliphatic heterocycles. The largest absolute Gasteiger partial charge is 0.444 e. The van der Waals surface area contributed by atoms with Crippen LogP contribution in [0.3, 0.4) is 0 Å². The molecule has 0 bridgehead atoms. The fourth-order valence-corrected chi connectivity index (χ4v) is 2.72. The van der Waals surface area contributed by atoms with E-state index < -0.39 is 17.2 Å². The Morgan fingerprint density at radius 3 is 2.27 bits per heavy atom. The van der Waals surface area contributed by atoms with Gasteiger partial charge in [-0.1, -0.05) is 0 Å². The molecule has 1 aliphatic rings. The molecule has 152 valence electrons. The highest BCUT2D eigenvalue weighted by Crippen LogP contribution is 2.27. The Balaban J connectivity index is 2.36. The third kappa shape index (κ3) is 9.27. The second kappa shape index (κ2) is 9.44. The molecule has 0 atom stereocenters. The Bertz CT molecular complexity index is 477. The molecule has 1 amide bonds. The summed E-state index contributed by atoms with van der Waals surface area (Å²) in [7, 11) is 1.75. The van der Waals surface area contributed by atoms with E-state index in [1.807, 2.05) is 34.6 Å². The lowest BCUT2D eigenvalue weighted by atomic mass is 10.1. The first-order valence-corrected chi connectivity index (χ1v) is 9.65. The van der Waals surface area contributed by atoms with Crippen LogP contribution in [0.2, 0.25) is 0 Å². The average Bonchev–Trinajstić information content (AvgIpc) is 3.27. The minimum Gasteiger partial charge on any atom is -0.444 e. The Labute approximate surface area is 159 Å². The van der Waals surface area contributed by atoms with Crippen LogP contribution in [-0.2, 0) is 4.74 Å². The maximum absolute atomic E-state index is 12.0. The van der Waals surface area contributed by atoms with Gasteiger partial charge in [0.2, 0.25) is 0 Å². The van der Waals surface area contributed by atoms with Gasteiger partial charge in [0.25, 0.3) is 0 Å². The molecule has 0 spiro atoms. The van der Waals surface area contributed by atoms with E-state index in [1.54, 1.807) is 7.05 Å². The number of carbonyl (C=O) groups is 1. The van der Waals surface area contributed by atoms with Crippen LogP contribution in [0.25, 0.3) is 0 Å². The summed E-state index contributed by atoms with van der Waals surface area (Å²) in [5.41, 5.74) is -0.965. The number of aliphatic imine (C=N–C) groups is 1. The third-order valence-corrected chi connectivity index (χ3v) is 4.10. The molecule has 3 N–H and O–H groups in total. The highest BCUT2D eigenvalue weighted by atomic mass is 16.6. The van der Waals surface area contributed by atoms with Crippen molar-refractivity contribution in [3.63, 3.8) is 0 Å². The first-order chi connectivity index (χ1) is 11.9. The molecule has 7 heteroatoms. The van der Waals surface area contributed by atoms with Crippen LogP contribution in [-0.4, -0.2) is 66.9 Å². The van der Waals surface area contributed by atoms with E-state index in [9.17, 15) is 4.79 Å². The van der Waals surface area contributed by atoms with Crippen molar-refractivity contribution < 1.29 is 9.53 Å². The number of amides is 1. The van der Waals surface area contributed by atoms with Crippen molar-refractivity contribution in [3.8, 4) is 0 Å². The molecule has 0 aromatic heterocycles. The molecule has 1 aliphatic carbocycles. The second-order valence-corrected chi connectivity index (χ2v) is 8.93. The van der Waals surface area contributed by atoms with E-state index in [2.05, 4.69) is 39.7 Å². The summed E-state index contributed by atoms with van der Waals surface area (Å²) < 4.78 is 5.32. The van der Waals surface area contributed by atoms with Crippen molar-refractivity contribution in [3.05, 3.63) is 0 Å². The molecular weight excluding hydrogens is 330 g/mol. The number of nitrogens with one attached hydrogen (secondary N) is 3. The minimum atomic E-state index is -0.505. The fourth-order valence-electron chi connectivity index (χ4n) is 2.72. The van der Waals surface area contributed by atoms with Crippen molar-refractivity contribution in [2.75, 3.05) is 26.7 Å². The van der Waals surface area contributed by atoms with Crippen LogP contribution in [0, 0.1) is 0 Å². The monoisotopic (exact) mass is 369 g/mol. The zero-order chi connectivity index (χ0) is 20.0. The number of rotatable bonds is 8. The number of nitrogens with zero attached hydrogens (tertiary/aromatic N) is 2. The average molecular weight is 370 g/mol. The van der Waals surface area contributed by atoms with Crippen molar-refractivity contribution in [1.29, 1.82) is 0 Å². The highest BCUT2D eigenvalue weighted by Gasteiger charge is 2.30. The quantitative estimate of drug-likeness (QED) is 0.452. The normalized spacial score (nSPS) is 16.0. The Hall–Kier alpha value is -1.50. The maximum atomic E-state index is 12.0. The lowest BCUT2D eigenvalue weighted by Gasteiger charge is -2.30. The van der Waals surface area contributed by atoms with E-state index in [1.165, 1.54) is 12.8 Å². The van der Waals surface area contributed by atoms with E-state index >= 15 is 0 Å². The number of ether oxygens (including phenoxy) is 1. The molecule has 7 nitrogen and oxygen atoms in total. The number of hydrogen-bond donors (Lipinski definition) is 3. The van der Waals surface area contributed by atoms with Crippen molar-refractivity contribution in [2.45, 2.75) is 84.5 Å². The van der Waals surface area contributed by atoms with Gasteiger partial charge in [-0.25, -0.2) is 4.79 Å². The van der Waals surface area contributed by atoms with E-state index in [0.29, 0.717) is 12.6 Å². The number of guanidine groups is 1. The zero-order valence-electron chi connectivity index (χ0n) is 17.9. The van der Waals surface area contributed by atoms with Gasteiger partial charge in [-0.2, -0.15) is 0 Å².